The Bertz CT molecular complexity index is 350. The van der Waals surface area contributed by atoms with Gasteiger partial charge in [-0.2, -0.15) is 0 Å². The van der Waals surface area contributed by atoms with Crippen LogP contribution in [0.2, 0.25) is 0 Å². The van der Waals surface area contributed by atoms with Crippen molar-refractivity contribution in [1.82, 2.24) is 5.32 Å². The largest absolute Gasteiger partial charge is 0.381 e. The van der Waals surface area contributed by atoms with E-state index in [0.29, 0.717) is 5.92 Å². The summed E-state index contributed by atoms with van der Waals surface area (Å²) >= 11 is 0. The highest BCUT2D eigenvalue weighted by molar-refractivity contribution is 5.20. The third kappa shape index (κ3) is 3.51. The van der Waals surface area contributed by atoms with Gasteiger partial charge in [-0.1, -0.05) is 19.1 Å². The van der Waals surface area contributed by atoms with Crippen molar-refractivity contribution in [2.45, 2.75) is 25.8 Å². The van der Waals surface area contributed by atoms with E-state index in [9.17, 15) is 4.39 Å². The fraction of sp³-hybridized carbons (Fsp3) is 0.571. The fourth-order valence-corrected chi connectivity index (χ4v) is 2.41. The summed E-state index contributed by atoms with van der Waals surface area (Å²) in [5.41, 5.74) is 1.04. The average molecular weight is 237 g/mol. The summed E-state index contributed by atoms with van der Waals surface area (Å²) in [7, 11) is 0. The summed E-state index contributed by atoms with van der Waals surface area (Å²) in [5.74, 6) is 0.440. The van der Waals surface area contributed by atoms with E-state index in [1.807, 2.05) is 6.07 Å². The Morgan fingerprint density at radius 2 is 2.41 bits per heavy atom. The van der Waals surface area contributed by atoms with Crippen molar-refractivity contribution in [2.75, 3.05) is 19.8 Å². The molecule has 3 heteroatoms. The summed E-state index contributed by atoms with van der Waals surface area (Å²) in [4.78, 5) is 0. The van der Waals surface area contributed by atoms with Crippen molar-refractivity contribution in [3.05, 3.63) is 35.6 Å². The lowest BCUT2D eigenvalue weighted by Crippen LogP contribution is -2.23. The standard InChI is InChI=1S/C14H20FNO/c1-2-16-14(8-11-6-7-17-10-11)12-4-3-5-13(15)9-12/h3-5,9,11,14,16H,2,6-8,10H2,1H3. The molecule has 1 aromatic carbocycles. The van der Waals surface area contributed by atoms with Gasteiger partial charge in [0.25, 0.3) is 0 Å². The third-order valence-electron chi connectivity index (χ3n) is 3.29. The molecular formula is C14H20FNO. The molecule has 1 aliphatic heterocycles. The quantitative estimate of drug-likeness (QED) is 0.850. The molecule has 0 bridgehead atoms. The minimum absolute atomic E-state index is 0.159. The van der Waals surface area contributed by atoms with Gasteiger partial charge in [-0.3, -0.25) is 0 Å². The van der Waals surface area contributed by atoms with Crippen LogP contribution in [0.4, 0.5) is 4.39 Å². The van der Waals surface area contributed by atoms with E-state index in [0.717, 1.165) is 38.2 Å². The van der Waals surface area contributed by atoms with Crippen LogP contribution in [-0.4, -0.2) is 19.8 Å². The summed E-state index contributed by atoms with van der Waals surface area (Å²) in [6.45, 7) is 4.69. The predicted octanol–water partition coefficient (Wildman–Crippen LogP) is 2.90. The maximum absolute atomic E-state index is 13.2. The summed E-state index contributed by atoms with van der Waals surface area (Å²) in [6.07, 6.45) is 2.15. The van der Waals surface area contributed by atoms with Crippen molar-refractivity contribution >= 4 is 0 Å². The normalized spacial score (nSPS) is 21.6. The smallest absolute Gasteiger partial charge is 0.123 e. The first-order chi connectivity index (χ1) is 8.29. The number of ether oxygens (including phenoxy) is 1. The minimum atomic E-state index is -0.159. The molecule has 1 aromatic rings. The van der Waals surface area contributed by atoms with Gasteiger partial charge in [0, 0.05) is 19.3 Å². The number of rotatable bonds is 5. The Balaban J connectivity index is 2.04. The highest BCUT2D eigenvalue weighted by Gasteiger charge is 2.21. The van der Waals surface area contributed by atoms with Gasteiger partial charge in [-0.25, -0.2) is 4.39 Å². The topological polar surface area (TPSA) is 21.3 Å². The fourth-order valence-electron chi connectivity index (χ4n) is 2.41. The Kier molecular flexibility index (Phi) is 4.51. The van der Waals surface area contributed by atoms with Gasteiger partial charge in [0.15, 0.2) is 0 Å². The van der Waals surface area contributed by atoms with Crippen molar-refractivity contribution in [2.24, 2.45) is 5.92 Å². The second-order valence-corrected chi connectivity index (χ2v) is 4.63. The summed E-state index contributed by atoms with van der Waals surface area (Å²) < 4.78 is 18.6. The summed E-state index contributed by atoms with van der Waals surface area (Å²) in [6, 6.07) is 7.13. The molecule has 2 nitrogen and oxygen atoms in total. The molecule has 94 valence electrons. The molecule has 1 heterocycles. The molecule has 1 fully saturated rings. The second kappa shape index (κ2) is 6.12. The average Bonchev–Trinajstić information content (AvgIpc) is 2.81. The maximum Gasteiger partial charge on any atom is 0.123 e. The first kappa shape index (κ1) is 12.5. The Morgan fingerprint density at radius 1 is 1.53 bits per heavy atom. The molecule has 2 unspecified atom stereocenters. The number of hydrogen-bond donors (Lipinski definition) is 1. The van der Waals surface area contributed by atoms with Crippen LogP contribution in [0.3, 0.4) is 0 Å². The molecule has 1 aliphatic rings. The lowest BCUT2D eigenvalue weighted by Gasteiger charge is -2.21. The molecule has 0 aliphatic carbocycles. The van der Waals surface area contributed by atoms with E-state index in [1.54, 1.807) is 12.1 Å². The van der Waals surface area contributed by atoms with Crippen LogP contribution in [0, 0.1) is 11.7 Å². The zero-order valence-corrected chi connectivity index (χ0v) is 10.3. The molecule has 0 aromatic heterocycles. The van der Waals surface area contributed by atoms with Crippen molar-refractivity contribution in [3.8, 4) is 0 Å². The van der Waals surface area contributed by atoms with Gasteiger partial charge in [0.1, 0.15) is 5.82 Å². The molecule has 2 atom stereocenters. The maximum atomic E-state index is 13.2. The van der Waals surface area contributed by atoms with E-state index in [1.165, 1.54) is 6.07 Å². The first-order valence-electron chi connectivity index (χ1n) is 6.36. The highest BCUT2D eigenvalue weighted by Crippen LogP contribution is 2.26. The molecule has 17 heavy (non-hydrogen) atoms. The van der Waals surface area contributed by atoms with Gasteiger partial charge >= 0.3 is 0 Å². The Hall–Kier alpha value is -0.930. The molecule has 0 saturated carbocycles. The Morgan fingerprint density at radius 3 is 3.06 bits per heavy atom. The summed E-state index contributed by atoms with van der Waals surface area (Å²) in [5, 5.41) is 3.43. The minimum Gasteiger partial charge on any atom is -0.381 e. The zero-order valence-electron chi connectivity index (χ0n) is 10.3. The molecular weight excluding hydrogens is 217 g/mol. The monoisotopic (exact) mass is 237 g/mol. The van der Waals surface area contributed by atoms with E-state index in [4.69, 9.17) is 4.74 Å². The lowest BCUT2D eigenvalue weighted by molar-refractivity contribution is 0.181. The zero-order chi connectivity index (χ0) is 12.1. The van der Waals surface area contributed by atoms with Crippen molar-refractivity contribution in [1.29, 1.82) is 0 Å². The number of hydrogen-bond acceptors (Lipinski definition) is 2. The van der Waals surface area contributed by atoms with Crippen LogP contribution in [-0.2, 0) is 4.74 Å². The first-order valence-corrected chi connectivity index (χ1v) is 6.36. The lowest BCUT2D eigenvalue weighted by atomic mass is 9.94. The van der Waals surface area contributed by atoms with Crippen molar-refractivity contribution < 1.29 is 9.13 Å². The molecule has 0 spiro atoms. The van der Waals surface area contributed by atoms with E-state index < -0.39 is 0 Å². The van der Waals surface area contributed by atoms with Gasteiger partial charge in [0.05, 0.1) is 0 Å². The second-order valence-electron chi connectivity index (χ2n) is 4.63. The molecule has 0 radical (unpaired) electrons. The van der Waals surface area contributed by atoms with Crippen LogP contribution in [0.25, 0.3) is 0 Å². The number of benzene rings is 1. The SMILES string of the molecule is CCNC(CC1CCOC1)c1cccc(F)c1. The third-order valence-corrected chi connectivity index (χ3v) is 3.29. The molecule has 2 rings (SSSR count). The van der Waals surface area contributed by atoms with Crippen LogP contribution >= 0.6 is 0 Å². The van der Waals surface area contributed by atoms with Crippen molar-refractivity contribution in [3.63, 3.8) is 0 Å². The van der Waals surface area contributed by atoms with Gasteiger partial charge in [0.2, 0.25) is 0 Å². The van der Waals surface area contributed by atoms with Gasteiger partial charge in [-0.05, 0) is 43.0 Å². The van der Waals surface area contributed by atoms with Crippen LogP contribution in [0.15, 0.2) is 24.3 Å². The van der Waals surface area contributed by atoms with Gasteiger partial charge in [-0.15, -0.1) is 0 Å². The molecule has 1 N–H and O–H groups in total. The van der Waals surface area contributed by atoms with E-state index in [2.05, 4.69) is 12.2 Å². The van der Waals surface area contributed by atoms with Crippen LogP contribution in [0.1, 0.15) is 31.4 Å². The number of halogens is 1. The van der Waals surface area contributed by atoms with E-state index in [-0.39, 0.29) is 11.9 Å². The van der Waals surface area contributed by atoms with E-state index >= 15 is 0 Å². The molecule has 1 saturated heterocycles. The van der Waals surface area contributed by atoms with Gasteiger partial charge < -0.3 is 10.1 Å². The highest BCUT2D eigenvalue weighted by atomic mass is 19.1. The number of nitrogens with one attached hydrogen (secondary N) is 1. The predicted molar refractivity (Wildman–Crippen MR) is 66.4 cm³/mol. The van der Waals surface area contributed by atoms with Crippen LogP contribution in [0.5, 0.6) is 0 Å². The Labute approximate surface area is 102 Å². The van der Waals surface area contributed by atoms with Crippen LogP contribution < -0.4 is 5.32 Å². The molecule has 0 amide bonds.